The Bertz CT molecular complexity index is 912. The molecule has 0 aliphatic heterocycles. The first-order valence-corrected chi connectivity index (χ1v) is 7.23. The van der Waals surface area contributed by atoms with E-state index in [-0.39, 0.29) is 11.4 Å². The first-order valence-electron chi connectivity index (χ1n) is 7.23. The molecule has 0 fully saturated rings. The number of hydrogen-bond donors (Lipinski definition) is 1. The summed E-state index contributed by atoms with van der Waals surface area (Å²) in [5.41, 5.74) is 0.814. The molecule has 1 aromatic heterocycles. The minimum Gasteiger partial charge on any atom is -0.450 e. The molecule has 1 N–H and O–H groups in total. The van der Waals surface area contributed by atoms with Crippen molar-refractivity contribution in [1.82, 2.24) is 0 Å². The number of esters is 1. The molecule has 0 bridgehead atoms. The molecule has 0 radical (unpaired) electrons. The minimum atomic E-state index is -0.755. The van der Waals surface area contributed by atoms with Crippen molar-refractivity contribution in [3.05, 3.63) is 70.5 Å². The van der Waals surface area contributed by atoms with E-state index in [0.717, 1.165) is 5.39 Å². The molecule has 1 heterocycles. The van der Waals surface area contributed by atoms with Gasteiger partial charge in [0.2, 0.25) is 5.76 Å². The fourth-order valence-electron chi connectivity index (χ4n) is 2.15. The highest BCUT2D eigenvalue weighted by Crippen LogP contribution is 2.19. The van der Waals surface area contributed by atoms with Crippen LogP contribution in [-0.2, 0) is 9.53 Å². The molecule has 0 saturated carbocycles. The number of rotatable bonds is 5. The number of carbonyl (C=O) groups is 2. The maximum absolute atomic E-state index is 11.9. The number of benzene rings is 2. The second-order valence-corrected chi connectivity index (χ2v) is 5.08. The third-order valence-electron chi connectivity index (χ3n) is 3.32. The number of ether oxygens (including phenoxy) is 1. The maximum atomic E-state index is 11.9. The lowest BCUT2D eigenvalue weighted by molar-refractivity contribution is -0.384. The summed E-state index contributed by atoms with van der Waals surface area (Å²) in [6.07, 6.45) is 0. The number of amides is 1. The second-order valence-electron chi connectivity index (χ2n) is 5.08. The molecule has 0 atom stereocenters. The van der Waals surface area contributed by atoms with Gasteiger partial charge in [0, 0.05) is 23.2 Å². The molecule has 0 saturated heterocycles. The zero-order valence-corrected chi connectivity index (χ0v) is 12.8. The van der Waals surface area contributed by atoms with Gasteiger partial charge in [-0.1, -0.05) is 18.2 Å². The third-order valence-corrected chi connectivity index (χ3v) is 3.32. The van der Waals surface area contributed by atoms with E-state index in [9.17, 15) is 19.7 Å². The number of anilines is 1. The Hall–Kier alpha value is -3.68. The molecule has 0 spiro atoms. The standard InChI is InChI=1S/C17H12N2O6/c20-16(18-12-5-7-13(8-6-12)19(22)23)10-24-17(21)15-9-11-3-1-2-4-14(11)25-15/h1-9H,10H2,(H,18,20). The summed E-state index contributed by atoms with van der Waals surface area (Å²) in [5.74, 6) is -1.32. The molecule has 0 aliphatic rings. The van der Waals surface area contributed by atoms with E-state index < -0.39 is 23.4 Å². The monoisotopic (exact) mass is 340 g/mol. The predicted octanol–water partition coefficient (Wildman–Crippen LogP) is 3.14. The van der Waals surface area contributed by atoms with Crippen molar-refractivity contribution in [2.75, 3.05) is 11.9 Å². The van der Waals surface area contributed by atoms with Gasteiger partial charge >= 0.3 is 5.97 Å². The van der Waals surface area contributed by atoms with Gasteiger partial charge in [-0.15, -0.1) is 0 Å². The highest BCUT2D eigenvalue weighted by molar-refractivity contribution is 5.96. The maximum Gasteiger partial charge on any atom is 0.374 e. The highest BCUT2D eigenvalue weighted by atomic mass is 16.6. The summed E-state index contributed by atoms with van der Waals surface area (Å²) < 4.78 is 10.2. The Morgan fingerprint density at radius 2 is 1.84 bits per heavy atom. The van der Waals surface area contributed by atoms with Crippen LogP contribution in [0.2, 0.25) is 0 Å². The number of carbonyl (C=O) groups excluding carboxylic acids is 2. The van der Waals surface area contributed by atoms with Crippen LogP contribution in [0.1, 0.15) is 10.6 Å². The van der Waals surface area contributed by atoms with Crippen molar-refractivity contribution in [2.45, 2.75) is 0 Å². The molecule has 0 aliphatic carbocycles. The Kier molecular flexibility index (Phi) is 4.42. The molecule has 8 heteroatoms. The van der Waals surface area contributed by atoms with Crippen LogP contribution >= 0.6 is 0 Å². The summed E-state index contributed by atoms with van der Waals surface area (Å²) in [6.45, 7) is -0.507. The summed E-state index contributed by atoms with van der Waals surface area (Å²) >= 11 is 0. The van der Waals surface area contributed by atoms with Crippen molar-refractivity contribution in [3.63, 3.8) is 0 Å². The quantitative estimate of drug-likeness (QED) is 0.434. The molecule has 3 rings (SSSR count). The van der Waals surface area contributed by atoms with Crippen molar-refractivity contribution in [1.29, 1.82) is 0 Å². The van der Waals surface area contributed by atoms with E-state index >= 15 is 0 Å². The number of hydrogen-bond acceptors (Lipinski definition) is 6. The summed E-state index contributed by atoms with van der Waals surface area (Å²) in [6, 6.07) is 13.9. The van der Waals surface area contributed by atoms with Crippen molar-refractivity contribution in [3.8, 4) is 0 Å². The summed E-state index contributed by atoms with van der Waals surface area (Å²) in [5, 5.41) is 13.8. The van der Waals surface area contributed by atoms with Crippen LogP contribution in [0.15, 0.2) is 59.0 Å². The SMILES string of the molecule is O=C(COC(=O)c1cc2ccccc2o1)Nc1ccc([N+](=O)[O-])cc1. The van der Waals surface area contributed by atoms with Gasteiger partial charge in [0.25, 0.3) is 11.6 Å². The Morgan fingerprint density at radius 1 is 1.12 bits per heavy atom. The van der Waals surface area contributed by atoms with Crippen molar-refractivity contribution >= 4 is 34.2 Å². The number of non-ortho nitro benzene ring substituents is 1. The van der Waals surface area contributed by atoms with Crippen LogP contribution in [0.5, 0.6) is 0 Å². The van der Waals surface area contributed by atoms with Gasteiger partial charge in [-0.25, -0.2) is 4.79 Å². The topological polar surface area (TPSA) is 112 Å². The molecule has 3 aromatic rings. The summed E-state index contributed by atoms with van der Waals surface area (Å²) in [7, 11) is 0. The number of nitrogens with zero attached hydrogens (tertiary/aromatic N) is 1. The van der Waals surface area contributed by atoms with Crippen LogP contribution in [0.4, 0.5) is 11.4 Å². The Balaban J connectivity index is 1.56. The minimum absolute atomic E-state index is 0.00401. The molecule has 2 aromatic carbocycles. The van der Waals surface area contributed by atoms with Crippen molar-refractivity contribution < 1.29 is 23.7 Å². The fraction of sp³-hybridized carbons (Fsp3) is 0.0588. The number of para-hydroxylation sites is 1. The average Bonchev–Trinajstić information content (AvgIpc) is 3.04. The Labute approximate surface area is 141 Å². The lowest BCUT2D eigenvalue weighted by Gasteiger charge is -2.05. The lowest BCUT2D eigenvalue weighted by Crippen LogP contribution is -2.20. The van der Waals surface area contributed by atoms with E-state index in [0.29, 0.717) is 11.3 Å². The van der Waals surface area contributed by atoms with Crippen LogP contribution in [-0.4, -0.2) is 23.4 Å². The van der Waals surface area contributed by atoms with E-state index in [1.807, 2.05) is 6.07 Å². The van der Waals surface area contributed by atoms with Crippen molar-refractivity contribution in [2.24, 2.45) is 0 Å². The number of nitro benzene ring substituents is 1. The molecule has 1 amide bonds. The van der Waals surface area contributed by atoms with E-state index in [2.05, 4.69) is 5.32 Å². The average molecular weight is 340 g/mol. The predicted molar refractivity (Wildman–Crippen MR) is 88.2 cm³/mol. The molecule has 25 heavy (non-hydrogen) atoms. The first kappa shape index (κ1) is 16.2. The third kappa shape index (κ3) is 3.81. The molecular weight excluding hydrogens is 328 g/mol. The lowest BCUT2D eigenvalue weighted by atomic mass is 10.2. The van der Waals surface area contributed by atoms with Crippen LogP contribution in [0.3, 0.4) is 0 Å². The smallest absolute Gasteiger partial charge is 0.374 e. The van der Waals surface area contributed by atoms with E-state index in [1.54, 1.807) is 18.2 Å². The number of nitro groups is 1. The number of furan rings is 1. The largest absolute Gasteiger partial charge is 0.450 e. The molecule has 0 unspecified atom stereocenters. The van der Waals surface area contributed by atoms with E-state index in [1.165, 1.54) is 30.3 Å². The normalized spacial score (nSPS) is 10.4. The molecule has 126 valence electrons. The zero-order valence-electron chi connectivity index (χ0n) is 12.8. The van der Waals surface area contributed by atoms with E-state index in [4.69, 9.17) is 9.15 Å². The van der Waals surface area contributed by atoms with Gasteiger partial charge < -0.3 is 14.5 Å². The summed E-state index contributed by atoms with van der Waals surface area (Å²) in [4.78, 5) is 33.7. The van der Waals surface area contributed by atoms with Crippen LogP contribution < -0.4 is 5.32 Å². The Morgan fingerprint density at radius 3 is 2.52 bits per heavy atom. The van der Waals surface area contributed by atoms with Crippen LogP contribution in [0, 0.1) is 10.1 Å². The second kappa shape index (κ2) is 6.83. The zero-order chi connectivity index (χ0) is 17.8. The van der Waals surface area contributed by atoms with Gasteiger partial charge in [-0.3, -0.25) is 14.9 Å². The highest BCUT2D eigenvalue weighted by Gasteiger charge is 2.15. The first-order chi connectivity index (χ1) is 12.0. The number of fused-ring (bicyclic) bond motifs is 1. The van der Waals surface area contributed by atoms with Gasteiger partial charge in [-0.2, -0.15) is 0 Å². The number of nitrogens with one attached hydrogen (secondary N) is 1. The van der Waals surface area contributed by atoms with Gasteiger partial charge in [0.1, 0.15) is 5.58 Å². The van der Waals surface area contributed by atoms with Gasteiger partial charge in [0.05, 0.1) is 4.92 Å². The van der Waals surface area contributed by atoms with Crippen LogP contribution in [0.25, 0.3) is 11.0 Å². The molecule has 8 nitrogen and oxygen atoms in total. The van der Waals surface area contributed by atoms with Gasteiger partial charge in [-0.05, 0) is 24.3 Å². The fourth-order valence-corrected chi connectivity index (χ4v) is 2.15. The molecular formula is C17H12N2O6. The van der Waals surface area contributed by atoms with Gasteiger partial charge in [0.15, 0.2) is 6.61 Å².